The van der Waals surface area contributed by atoms with E-state index in [9.17, 15) is 4.79 Å². The minimum absolute atomic E-state index is 0.0368. The van der Waals surface area contributed by atoms with Crippen molar-refractivity contribution < 1.29 is 9.53 Å². The fourth-order valence-electron chi connectivity index (χ4n) is 2.43. The predicted molar refractivity (Wildman–Crippen MR) is 76.8 cm³/mol. The quantitative estimate of drug-likeness (QED) is 0.931. The molecule has 6 nitrogen and oxygen atoms in total. The maximum atomic E-state index is 12.6. The molecular weight excluding hydrogens is 268 g/mol. The second kappa shape index (κ2) is 5.20. The summed E-state index contributed by atoms with van der Waals surface area (Å²) in [4.78, 5) is 16.5. The summed E-state index contributed by atoms with van der Waals surface area (Å²) >= 11 is 0. The lowest BCUT2D eigenvalue weighted by molar-refractivity contribution is -0.129. The number of nitrogens with zero attached hydrogens (tertiary/aromatic N) is 3. The molecule has 2 aromatic rings. The van der Waals surface area contributed by atoms with Crippen molar-refractivity contribution in [3.05, 3.63) is 42.5 Å². The lowest BCUT2D eigenvalue weighted by Gasteiger charge is -2.30. The van der Waals surface area contributed by atoms with Gasteiger partial charge >= 0.3 is 0 Å². The molecule has 1 aromatic carbocycles. The van der Waals surface area contributed by atoms with E-state index in [4.69, 9.17) is 4.74 Å². The van der Waals surface area contributed by atoms with Crippen LogP contribution in [0.3, 0.4) is 0 Å². The van der Waals surface area contributed by atoms with Crippen LogP contribution < -0.4 is 10.1 Å². The average molecular weight is 286 g/mol. The second-order valence-corrected chi connectivity index (χ2v) is 5.60. The minimum atomic E-state index is -0.788. The Balaban J connectivity index is 1.80. The number of hydrogen-bond acceptors (Lipinski definition) is 4. The van der Waals surface area contributed by atoms with Crippen LogP contribution in [0.15, 0.2) is 36.9 Å². The first kappa shape index (κ1) is 13.6. The molecule has 6 heteroatoms. The van der Waals surface area contributed by atoms with Gasteiger partial charge in [0.05, 0.1) is 12.6 Å². The van der Waals surface area contributed by atoms with Gasteiger partial charge < -0.3 is 10.1 Å². The highest BCUT2D eigenvalue weighted by Crippen LogP contribution is 2.32. The third-order valence-electron chi connectivity index (χ3n) is 3.81. The smallest absolute Gasteiger partial charge is 0.247 e. The monoisotopic (exact) mass is 286 g/mol. The number of benzene rings is 1. The van der Waals surface area contributed by atoms with E-state index in [1.54, 1.807) is 11.0 Å². The highest BCUT2D eigenvalue weighted by Gasteiger charge is 2.33. The van der Waals surface area contributed by atoms with E-state index in [1.165, 1.54) is 6.33 Å². The summed E-state index contributed by atoms with van der Waals surface area (Å²) in [6, 6.07) is 7.76. The van der Waals surface area contributed by atoms with Gasteiger partial charge in [0.1, 0.15) is 23.9 Å². The lowest BCUT2D eigenvalue weighted by Crippen LogP contribution is -2.46. The van der Waals surface area contributed by atoms with Crippen LogP contribution in [0.5, 0.6) is 5.75 Å². The number of rotatable bonds is 3. The first-order valence-corrected chi connectivity index (χ1v) is 6.97. The Labute approximate surface area is 123 Å². The number of carbonyl (C=O) groups excluding carboxylic acids is 1. The van der Waals surface area contributed by atoms with E-state index in [1.807, 2.05) is 38.1 Å². The predicted octanol–water partition coefficient (Wildman–Crippen LogP) is 1.65. The number of amides is 1. The zero-order valence-corrected chi connectivity index (χ0v) is 12.1. The van der Waals surface area contributed by atoms with Crippen LogP contribution in [0.4, 0.5) is 0 Å². The second-order valence-electron chi connectivity index (χ2n) is 5.60. The van der Waals surface area contributed by atoms with Crippen molar-refractivity contribution in [1.29, 1.82) is 0 Å². The molecule has 0 fully saturated rings. The van der Waals surface area contributed by atoms with Crippen molar-refractivity contribution in [2.45, 2.75) is 31.8 Å². The molecule has 0 unspecified atom stereocenters. The number of carbonyl (C=O) groups is 1. The van der Waals surface area contributed by atoms with Gasteiger partial charge in [0.2, 0.25) is 5.91 Å². The van der Waals surface area contributed by atoms with Crippen molar-refractivity contribution in [3.63, 3.8) is 0 Å². The van der Waals surface area contributed by atoms with Crippen LogP contribution in [0.25, 0.3) is 0 Å². The van der Waals surface area contributed by atoms with Crippen molar-refractivity contribution in [3.8, 4) is 5.75 Å². The molecule has 0 saturated carbocycles. The van der Waals surface area contributed by atoms with Crippen molar-refractivity contribution in [2.24, 2.45) is 0 Å². The van der Waals surface area contributed by atoms with Crippen LogP contribution in [0, 0.1) is 0 Å². The van der Waals surface area contributed by atoms with Crippen molar-refractivity contribution in [1.82, 2.24) is 20.1 Å². The molecule has 2 heterocycles. The molecule has 0 aliphatic carbocycles. The zero-order chi connectivity index (χ0) is 14.9. The molecule has 3 rings (SSSR count). The Bertz CT molecular complexity index is 637. The third-order valence-corrected chi connectivity index (χ3v) is 3.81. The summed E-state index contributed by atoms with van der Waals surface area (Å²) in [7, 11) is 0. The van der Waals surface area contributed by atoms with Gasteiger partial charge in [0.15, 0.2) is 0 Å². The molecule has 0 saturated heterocycles. The van der Waals surface area contributed by atoms with Crippen LogP contribution in [-0.2, 0) is 10.3 Å². The SMILES string of the molecule is CC(C)(C(=O)N[C@@H]1CCOc2ccccc21)n1cncn1. The molecule has 1 N–H and O–H groups in total. The minimum Gasteiger partial charge on any atom is -0.493 e. The van der Waals surface area contributed by atoms with Gasteiger partial charge in [-0.25, -0.2) is 9.67 Å². The van der Waals surface area contributed by atoms with Crippen LogP contribution >= 0.6 is 0 Å². The van der Waals surface area contributed by atoms with Gasteiger partial charge in [-0.05, 0) is 19.9 Å². The van der Waals surface area contributed by atoms with E-state index < -0.39 is 5.54 Å². The van der Waals surface area contributed by atoms with E-state index >= 15 is 0 Å². The van der Waals surface area contributed by atoms with Gasteiger partial charge in [-0.1, -0.05) is 18.2 Å². The van der Waals surface area contributed by atoms with Gasteiger partial charge in [-0.2, -0.15) is 5.10 Å². The van der Waals surface area contributed by atoms with E-state index in [0.29, 0.717) is 6.61 Å². The molecule has 1 aliphatic rings. The maximum Gasteiger partial charge on any atom is 0.247 e. The van der Waals surface area contributed by atoms with Gasteiger partial charge in [-0.15, -0.1) is 0 Å². The number of para-hydroxylation sites is 1. The molecule has 0 spiro atoms. The number of hydrogen-bond donors (Lipinski definition) is 1. The fourth-order valence-corrected chi connectivity index (χ4v) is 2.43. The Hall–Kier alpha value is -2.37. The molecule has 110 valence electrons. The van der Waals surface area contributed by atoms with Gasteiger partial charge in [0.25, 0.3) is 0 Å². The van der Waals surface area contributed by atoms with Gasteiger partial charge in [-0.3, -0.25) is 4.79 Å². The number of fused-ring (bicyclic) bond motifs is 1. The Morgan fingerprint density at radius 2 is 2.24 bits per heavy atom. The first-order valence-electron chi connectivity index (χ1n) is 6.97. The maximum absolute atomic E-state index is 12.6. The normalized spacial score (nSPS) is 17.7. The fraction of sp³-hybridized carbons (Fsp3) is 0.400. The zero-order valence-electron chi connectivity index (χ0n) is 12.1. The van der Waals surface area contributed by atoms with Crippen molar-refractivity contribution in [2.75, 3.05) is 6.61 Å². The summed E-state index contributed by atoms with van der Waals surface area (Å²) in [6.07, 6.45) is 3.74. The van der Waals surface area contributed by atoms with E-state index in [-0.39, 0.29) is 11.9 Å². The summed E-state index contributed by atoms with van der Waals surface area (Å²) < 4.78 is 7.18. The summed E-state index contributed by atoms with van der Waals surface area (Å²) in [5.41, 5.74) is 0.232. The standard InChI is InChI=1S/C15H18N4O2/c1-15(2,19-10-16-9-17-19)14(20)18-12-7-8-21-13-6-4-3-5-11(12)13/h3-6,9-10,12H,7-8H2,1-2H3,(H,18,20)/t12-/m1/s1. The summed E-state index contributed by atoms with van der Waals surface area (Å²) in [5, 5.41) is 7.16. The molecule has 0 bridgehead atoms. The largest absolute Gasteiger partial charge is 0.493 e. The van der Waals surface area contributed by atoms with E-state index in [0.717, 1.165) is 17.7 Å². The number of nitrogens with one attached hydrogen (secondary N) is 1. The number of ether oxygens (including phenoxy) is 1. The molecule has 1 amide bonds. The molecule has 1 aliphatic heterocycles. The molecule has 21 heavy (non-hydrogen) atoms. The summed E-state index contributed by atoms with van der Waals surface area (Å²) in [6.45, 7) is 4.25. The molecule has 1 aromatic heterocycles. The highest BCUT2D eigenvalue weighted by atomic mass is 16.5. The van der Waals surface area contributed by atoms with E-state index in [2.05, 4.69) is 15.4 Å². The topological polar surface area (TPSA) is 69.0 Å². The van der Waals surface area contributed by atoms with Crippen LogP contribution in [0.1, 0.15) is 31.9 Å². The molecular formula is C15H18N4O2. The average Bonchev–Trinajstić information content (AvgIpc) is 3.02. The lowest BCUT2D eigenvalue weighted by atomic mass is 9.98. The molecule has 0 radical (unpaired) electrons. The highest BCUT2D eigenvalue weighted by molar-refractivity contribution is 5.84. The Morgan fingerprint density at radius 3 is 3.00 bits per heavy atom. The number of aromatic nitrogens is 3. The van der Waals surface area contributed by atoms with Gasteiger partial charge in [0, 0.05) is 12.0 Å². The van der Waals surface area contributed by atoms with Crippen LogP contribution in [0.2, 0.25) is 0 Å². The van der Waals surface area contributed by atoms with Crippen LogP contribution in [-0.4, -0.2) is 27.3 Å². The Morgan fingerprint density at radius 1 is 1.43 bits per heavy atom. The molecule has 1 atom stereocenters. The van der Waals surface area contributed by atoms with Crippen molar-refractivity contribution >= 4 is 5.91 Å². The Kier molecular flexibility index (Phi) is 3.37. The first-order chi connectivity index (χ1) is 10.1. The third kappa shape index (κ3) is 2.49. The summed E-state index contributed by atoms with van der Waals surface area (Å²) in [5.74, 6) is 0.752.